The van der Waals surface area contributed by atoms with E-state index in [0.717, 1.165) is 0 Å². The predicted molar refractivity (Wildman–Crippen MR) is 55.9 cm³/mol. The van der Waals surface area contributed by atoms with Gasteiger partial charge in [-0.25, -0.2) is 0 Å². The fourth-order valence-electron chi connectivity index (χ4n) is 2.15. The van der Waals surface area contributed by atoms with Crippen molar-refractivity contribution < 1.29 is 0 Å². The summed E-state index contributed by atoms with van der Waals surface area (Å²) in [6.07, 6.45) is 2.46. The molecule has 70 valence electrons. The summed E-state index contributed by atoms with van der Waals surface area (Å²) in [6.45, 7) is 4.32. The van der Waals surface area contributed by atoms with Crippen molar-refractivity contribution in [2.75, 3.05) is 0 Å². The summed E-state index contributed by atoms with van der Waals surface area (Å²) in [5.74, 6) is 0.626. The maximum atomic E-state index is 5.96. The van der Waals surface area contributed by atoms with Crippen molar-refractivity contribution in [2.24, 2.45) is 5.73 Å². The molecular formula is C12H17N. The molecule has 0 spiro atoms. The zero-order valence-electron chi connectivity index (χ0n) is 8.38. The number of hydrogen-bond donors (Lipinski definition) is 1. The number of aryl methyl sites for hydroxylation is 2. The summed E-state index contributed by atoms with van der Waals surface area (Å²) in [4.78, 5) is 0. The fourth-order valence-corrected chi connectivity index (χ4v) is 2.15. The molecule has 1 heteroatoms. The van der Waals surface area contributed by atoms with Crippen molar-refractivity contribution >= 4 is 0 Å². The number of hydrogen-bond acceptors (Lipinski definition) is 1. The summed E-state index contributed by atoms with van der Waals surface area (Å²) in [5, 5.41) is 0. The Kier molecular flexibility index (Phi) is 2.12. The summed E-state index contributed by atoms with van der Waals surface area (Å²) in [6, 6.07) is 7.09. The van der Waals surface area contributed by atoms with Gasteiger partial charge in [0.05, 0.1) is 0 Å². The minimum atomic E-state index is 0.404. The Hall–Kier alpha value is -0.820. The van der Waals surface area contributed by atoms with Crippen molar-refractivity contribution in [3.8, 4) is 0 Å². The van der Waals surface area contributed by atoms with Gasteiger partial charge in [0, 0.05) is 6.04 Å². The third-order valence-electron chi connectivity index (χ3n) is 3.15. The second-order valence-corrected chi connectivity index (χ2v) is 4.21. The van der Waals surface area contributed by atoms with Gasteiger partial charge in [-0.1, -0.05) is 23.8 Å². The fraction of sp³-hybridized carbons (Fsp3) is 0.500. The lowest BCUT2D eigenvalue weighted by Crippen LogP contribution is -2.37. The number of nitrogens with two attached hydrogens (primary N) is 1. The molecule has 0 radical (unpaired) electrons. The third-order valence-corrected chi connectivity index (χ3v) is 3.15. The van der Waals surface area contributed by atoms with E-state index in [1.54, 1.807) is 0 Å². The van der Waals surface area contributed by atoms with Crippen molar-refractivity contribution in [3.63, 3.8) is 0 Å². The first-order chi connectivity index (χ1) is 6.18. The topological polar surface area (TPSA) is 26.0 Å². The quantitative estimate of drug-likeness (QED) is 0.697. The Morgan fingerprint density at radius 1 is 1.23 bits per heavy atom. The van der Waals surface area contributed by atoms with E-state index in [1.165, 1.54) is 29.5 Å². The van der Waals surface area contributed by atoms with Gasteiger partial charge < -0.3 is 5.73 Å². The van der Waals surface area contributed by atoms with Gasteiger partial charge in [0.15, 0.2) is 0 Å². The molecule has 0 saturated heterocycles. The van der Waals surface area contributed by atoms with Gasteiger partial charge in [-0.2, -0.15) is 0 Å². The van der Waals surface area contributed by atoms with E-state index in [0.29, 0.717) is 12.0 Å². The SMILES string of the molecule is Cc1ccc([C@@H]2CC[C@@H]2N)c(C)c1. The van der Waals surface area contributed by atoms with E-state index in [2.05, 4.69) is 32.0 Å². The average molecular weight is 175 g/mol. The average Bonchev–Trinajstić information content (AvgIpc) is 2.07. The molecule has 1 aliphatic carbocycles. The van der Waals surface area contributed by atoms with Crippen molar-refractivity contribution in [1.82, 2.24) is 0 Å². The normalized spacial score (nSPS) is 27.0. The van der Waals surface area contributed by atoms with E-state index in [1.807, 2.05) is 0 Å². The zero-order valence-corrected chi connectivity index (χ0v) is 8.38. The molecule has 13 heavy (non-hydrogen) atoms. The summed E-state index contributed by atoms with van der Waals surface area (Å²) in [5.41, 5.74) is 10.2. The third kappa shape index (κ3) is 1.49. The highest BCUT2D eigenvalue weighted by molar-refractivity contribution is 5.35. The van der Waals surface area contributed by atoms with Crippen LogP contribution in [-0.4, -0.2) is 6.04 Å². The molecular weight excluding hydrogens is 158 g/mol. The van der Waals surface area contributed by atoms with Gasteiger partial charge in [-0.3, -0.25) is 0 Å². The van der Waals surface area contributed by atoms with Crippen molar-refractivity contribution in [2.45, 2.75) is 38.6 Å². The molecule has 0 heterocycles. The van der Waals surface area contributed by atoms with E-state index in [-0.39, 0.29) is 0 Å². The lowest BCUT2D eigenvalue weighted by atomic mass is 9.74. The monoisotopic (exact) mass is 175 g/mol. The molecule has 1 fully saturated rings. The van der Waals surface area contributed by atoms with E-state index in [9.17, 15) is 0 Å². The maximum Gasteiger partial charge on any atom is 0.0108 e. The van der Waals surface area contributed by atoms with E-state index < -0.39 is 0 Å². The van der Waals surface area contributed by atoms with Crippen molar-refractivity contribution in [1.29, 1.82) is 0 Å². The smallest absolute Gasteiger partial charge is 0.0108 e. The molecule has 1 saturated carbocycles. The molecule has 0 amide bonds. The first kappa shape index (κ1) is 8.76. The standard InChI is InChI=1S/C12H17N/c1-8-3-4-10(9(2)7-8)11-5-6-12(11)13/h3-4,7,11-12H,5-6,13H2,1-2H3/t11-,12-/m0/s1. The Balaban J connectivity index is 2.30. The maximum absolute atomic E-state index is 5.96. The van der Waals surface area contributed by atoms with Gasteiger partial charge in [-0.15, -0.1) is 0 Å². The van der Waals surface area contributed by atoms with Gasteiger partial charge in [-0.05, 0) is 43.7 Å². The van der Waals surface area contributed by atoms with Crippen LogP contribution in [-0.2, 0) is 0 Å². The Bertz CT molecular complexity index is 317. The van der Waals surface area contributed by atoms with Crippen LogP contribution in [0.1, 0.15) is 35.4 Å². The highest BCUT2D eigenvalue weighted by atomic mass is 14.7. The second-order valence-electron chi connectivity index (χ2n) is 4.21. The molecule has 2 N–H and O–H groups in total. The van der Waals surface area contributed by atoms with Crippen LogP contribution in [0.4, 0.5) is 0 Å². The molecule has 1 aromatic rings. The zero-order chi connectivity index (χ0) is 9.42. The Morgan fingerprint density at radius 2 is 2.00 bits per heavy atom. The highest BCUT2D eigenvalue weighted by Gasteiger charge is 2.29. The van der Waals surface area contributed by atoms with Crippen LogP contribution in [0.25, 0.3) is 0 Å². The van der Waals surface area contributed by atoms with Crippen LogP contribution in [0.2, 0.25) is 0 Å². The van der Waals surface area contributed by atoms with Crippen molar-refractivity contribution in [3.05, 3.63) is 34.9 Å². The molecule has 2 atom stereocenters. The lowest BCUT2D eigenvalue weighted by Gasteiger charge is -2.35. The number of rotatable bonds is 1. The van der Waals surface area contributed by atoms with Gasteiger partial charge >= 0.3 is 0 Å². The molecule has 0 aromatic heterocycles. The van der Waals surface area contributed by atoms with Crippen LogP contribution in [0.15, 0.2) is 18.2 Å². The van der Waals surface area contributed by atoms with Gasteiger partial charge in [0.1, 0.15) is 0 Å². The summed E-state index contributed by atoms with van der Waals surface area (Å²) >= 11 is 0. The van der Waals surface area contributed by atoms with Gasteiger partial charge in [0.25, 0.3) is 0 Å². The van der Waals surface area contributed by atoms with Crippen LogP contribution >= 0.6 is 0 Å². The molecule has 0 bridgehead atoms. The minimum Gasteiger partial charge on any atom is -0.327 e. The van der Waals surface area contributed by atoms with Crippen LogP contribution in [0, 0.1) is 13.8 Å². The first-order valence-electron chi connectivity index (χ1n) is 5.01. The minimum absolute atomic E-state index is 0.404. The molecule has 2 rings (SSSR count). The van der Waals surface area contributed by atoms with Crippen LogP contribution in [0.5, 0.6) is 0 Å². The Morgan fingerprint density at radius 3 is 2.46 bits per heavy atom. The highest BCUT2D eigenvalue weighted by Crippen LogP contribution is 2.37. The van der Waals surface area contributed by atoms with E-state index >= 15 is 0 Å². The number of benzene rings is 1. The molecule has 0 aliphatic heterocycles. The summed E-state index contributed by atoms with van der Waals surface area (Å²) in [7, 11) is 0. The predicted octanol–water partition coefficient (Wildman–Crippen LogP) is 2.51. The van der Waals surface area contributed by atoms with Crippen LogP contribution < -0.4 is 5.73 Å². The molecule has 1 aromatic carbocycles. The first-order valence-corrected chi connectivity index (χ1v) is 5.01. The molecule has 0 unspecified atom stereocenters. The Labute approximate surface area is 80.0 Å². The van der Waals surface area contributed by atoms with Gasteiger partial charge in [0.2, 0.25) is 0 Å². The lowest BCUT2D eigenvalue weighted by molar-refractivity contribution is 0.345. The van der Waals surface area contributed by atoms with Crippen LogP contribution in [0.3, 0.4) is 0 Å². The molecule has 1 aliphatic rings. The van der Waals surface area contributed by atoms with E-state index in [4.69, 9.17) is 5.73 Å². The second kappa shape index (κ2) is 3.15. The summed E-state index contributed by atoms with van der Waals surface area (Å²) < 4.78 is 0. The molecule has 1 nitrogen and oxygen atoms in total. The largest absolute Gasteiger partial charge is 0.327 e.